The third kappa shape index (κ3) is 1.30. The lowest BCUT2D eigenvalue weighted by Gasteiger charge is -2.14. The molecule has 2 heterocycles. The number of carbonyl (C=O) groups is 1. The van der Waals surface area contributed by atoms with Crippen molar-refractivity contribution in [3.05, 3.63) is 23.9 Å². The highest BCUT2D eigenvalue weighted by Crippen LogP contribution is 2.24. The van der Waals surface area contributed by atoms with Crippen LogP contribution in [0.1, 0.15) is 18.9 Å². The molecule has 0 N–H and O–H groups in total. The number of amides is 1. The molecule has 3 heteroatoms. The average Bonchev–Trinajstić information content (AvgIpc) is 2.60. The predicted molar refractivity (Wildman–Crippen MR) is 50.6 cm³/mol. The molecule has 1 aliphatic rings. The lowest BCUT2D eigenvalue weighted by molar-refractivity contribution is -0.118. The van der Waals surface area contributed by atoms with Gasteiger partial charge in [0.05, 0.1) is 0 Å². The first-order valence-electron chi connectivity index (χ1n) is 4.57. The van der Waals surface area contributed by atoms with Crippen LogP contribution in [0.5, 0.6) is 0 Å². The van der Waals surface area contributed by atoms with E-state index in [1.165, 1.54) is 5.56 Å². The molecule has 0 saturated carbocycles. The van der Waals surface area contributed by atoms with Crippen LogP contribution in [-0.2, 0) is 11.2 Å². The maximum Gasteiger partial charge on any atom is 0.227 e. The molecule has 13 heavy (non-hydrogen) atoms. The maximum atomic E-state index is 11.5. The minimum atomic E-state index is 0.164. The van der Waals surface area contributed by atoms with Crippen LogP contribution in [0.4, 0.5) is 5.82 Å². The second-order valence-electron chi connectivity index (χ2n) is 3.14. The van der Waals surface area contributed by atoms with Gasteiger partial charge in [-0.25, -0.2) is 4.98 Å². The summed E-state index contributed by atoms with van der Waals surface area (Å²) in [5, 5.41) is 0. The molecule has 1 amide bonds. The summed E-state index contributed by atoms with van der Waals surface area (Å²) in [7, 11) is 0. The number of hydrogen-bond donors (Lipinski definition) is 0. The van der Waals surface area contributed by atoms with E-state index in [2.05, 4.69) is 4.98 Å². The van der Waals surface area contributed by atoms with E-state index in [-0.39, 0.29) is 5.91 Å². The van der Waals surface area contributed by atoms with Crippen molar-refractivity contribution in [2.75, 3.05) is 11.4 Å². The summed E-state index contributed by atoms with van der Waals surface area (Å²) in [5.41, 5.74) is 1.18. The Labute approximate surface area is 77.4 Å². The lowest BCUT2D eigenvalue weighted by Crippen LogP contribution is -2.28. The summed E-state index contributed by atoms with van der Waals surface area (Å²) in [6.07, 6.45) is 3.23. The Balaban J connectivity index is 2.33. The Morgan fingerprint density at radius 1 is 1.69 bits per heavy atom. The van der Waals surface area contributed by atoms with Crippen LogP contribution < -0.4 is 4.90 Å². The van der Waals surface area contributed by atoms with Crippen LogP contribution >= 0.6 is 0 Å². The molecule has 0 spiro atoms. The van der Waals surface area contributed by atoms with Crippen LogP contribution in [0.2, 0.25) is 0 Å². The Hall–Kier alpha value is -1.38. The third-order valence-electron chi connectivity index (χ3n) is 2.33. The molecule has 0 saturated heterocycles. The highest BCUT2D eigenvalue weighted by atomic mass is 16.2. The largest absolute Gasteiger partial charge is 0.296 e. The maximum absolute atomic E-state index is 11.5. The van der Waals surface area contributed by atoms with Crippen molar-refractivity contribution in [3.8, 4) is 0 Å². The third-order valence-corrected chi connectivity index (χ3v) is 2.33. The van der Waals surface area contributed by atoms with E-state index in [1.807, 2.05) is 19.1 Å². The van der Waals surface area contributed by atoms with E-state index in [1.54, 1.807) is 11.1 Å². The van der Waals surface area contributed by atoms with Gasteiger partial charge in [0.15, 0.2) is 0 Å². The molecule has 1 aromatic rings. The fourth-order valence-electron chi connectivity index (χ4n) is 1.64. The normalized spacial score (nSPS) is 14.4. The second-order valence-corrected chi connectivity index (χ2v) is 3.14. The molecule has 1 aromatic heterocycles. The standard InChI is InChI=1S/C10H12N2O/c1-2-9(13)12-7-5-8-4-3-6-11-10(8)12/h3-4,6H,2,5,7H2,1H3. The molecule has 1 aliphatic heterocycles. The SMILES string of the molecule is CCC(=O)N1CCc2cccnc21. The van der Waals surface area contributed by atoms with Gasteiger partial charge in [-0.1, -0.05) is 13.0 Å². The zero-order valence-corrected chi connectivity index (χ0v) is 7.66. The van der Waals surface area contributed by atoms with E-state index in [9.17, 15) is 4.79 Å². The molecule has 0 unspecified atom stereocenters. The molecule has 3 nitrogen and oxygen atoms in total. The van der Waals surface area contributed by atoms with Crippen molar-refractivity contribution in [2.45, 2.75) is 19.8 Å². The Kier molecular flexibility index (Phi) is 2.00. The van der Waals surface area contributed by atoms with E-state index in [0.717, 1.165) is 18.8 Å². The van der Waals surface area contributed by atoms with Gasteiger partial charge in [-0.05, 0) is 18.1 Å². The van der Waals surface area contributed by atoms with Crippen molar-refractivity contribution >= 4 is 11.7 Å². The zero-order chi connectivity index (χ0) is 9.26. The van der Waals surface area contributed by atoms with Crippen LogP contribution in [-0.4, -0.2) is 17.4 Å². The summed E-state index contributed by atoms with van der Waals surface area (Å²) >= 11 is 0. The van der Waals surface area contributed by atoms with E-state index in [4.69, 9.17) is 0 Å². The van der Waals surface area contributed by atoms with E-state index >= 15 is 0 Å². The molecule has 0 fully saturated rings. The van der Waals surface area contributed by atoms with E-state index < -0.39 is 0 Å². The van der Waals surface area contributed by atoms with Gasteiger partial charge in [-0.2, -0.15) is 0 Å². The lowest BCUT2D eigenvalue weighted by atomic mass is 10.2. The predicted octanol–water partition coefficient (Wildman–Crippen LogP) is 1.38. The molecular weight excluding hydrogens is 164 g/mol. The number of anilines is 1. The molecule has 68 valence electrons. The van der Waals surface area contributed by atoms with Crippen LogP contribution in [0.25, 0.3) is 0 Å². The highest BCUT2D eigenvalue weighted by Gasteiger charge is 2.23. The van der Waals surface area contributed by atoms with E-state index in [0.29, 0.717) is 6.42 Å². The molecular formula is C10H12N2O. The Morgan fingerprint density at radius 2 is 2.54 bits per heavy atom. The number of pyridine rings is 1. The number of fused-ring (bicyclic) bond motifs is 1. The van der Waals surface area contributed by atoms with Gasteiger partial charge in [-0.15, -0.1) is 0 Å². The molecule has 0 radical (unpaired) electrons. The van der Waals surface area contributed by atoms with Gasteiger partial charge >= 0.3 is 0 Å². The van der Waals surface area contributed by atoms with Gasteiger partial charge in [0.2, 0.25) is 5.91 Å². The first-order chi connectivity index (χ1) is 6.33. The van der Waals surface area contributed by atoms with Crippen molar-refractivity contribution in [1.29, 1.82) is 0 Å². The molecule has 2 rings (SSSR count). The van der Waals surface area contributed by atoms with Gasteiger partial charge in [0.1, 0.15) is 5.82 Å². The number of nitrogens with zero attached hydrogens (tertiary/aromatic N) is 2. The molecule has 0 aromatic carbocycles. The first-order valence-corrected chi connectivity index (χ1v) is 4.57. The minimum absolute atomic E-state index is 0.164. The van der Waals surface area contributed by atoms with Crippen molar-refractivity contribution in [2.24, 2.45) is 0 Å². The summed E-state index contributed by atoms with van der Waals surface area (Å²) in [4.78, 5) is 17.5. The zero-order valence-electron chi connectivity index (χ0n) is 7.66. The van der Waals surface area contributed by atoms with Gasteiger partial charge in [0, 0.05) is 19.2 Å². The smallest absolute Gasteiger partial charge is 0.227 e. The van der Waals surface area contributed by atoms with Crippen LogP contribution in [0.3, 0.4) is 0 Å². The van der Waals surface area contributed by atoms with Gasteiger partial charge in [-0.3, -0.25) is 9.69 Å². The fourth-order valence-corrected chi connectivity index (χ4v) is 1.64. The summed E-state index contributed by atoms with van der Waals surface area (Å²) in [6, 6.07) is 3.95. The number of carbonyl (C=O) groups excluding carboxylic acids is 1. The molecule has 0 aliphatic carbocycles. The average molecular weight is 176 g/mol. The fraction of sp³-hybridized carbons (Fsp3) is 0.400. The monoisotopic (exact) mass is 176 g/mol. The Bertz CT molecular complexity index is 335. The van der Waals surface area contributed by atoms with Crippen molar-refractivity contribution < 1.29 is 4.79 Å². The quantitative estimate of drug-likeness (QED) is 0.647. The Morgan fingerprint density at radius 3 is 3.31 bits per heavy atom. The van der Waals surface area contributed by atoms with Crippen molar-refractivity contribution in [3.63, 3.8) is 0 Å². The highest BCUT2D eigenvalue weighted by molar-refractivity contribution is 5.94. The van der Waals surface area contributed by atoms with Crippen LogP contribution in [0, 0.1) is 0 Å². The minimum Gasteiger partial charge on any atom is -0.296 e. The van der Waals surface area contributed by atoms with Crippen molar-refractivity contribution in [1.82, 2.24) is 4.98 Å². The number of aromatic nitrogens is 1. The summed E-state index contributed by atoms with van der Waals surface area (Å²) in [5.74, 6) is 1.02. The molecule has 0 bridgehead atoms. The number of rotatable bonds is 1. The number of hydrogen-bond acceptors (Lipinski definition) is 2. The van der Waals surface area contributed by atoms with Crippen LogP contribution in [0.15, 0.2) is 18.3 Å². The second kappa shape index (κ2) is 3.17. The first kappa shape index (κ1) is 8.23. The van der Waals surface area contributed by atoms with Gasteiger partial charge in [0.25, 0.3) is 0 Å². The summed E-state index contributed by atoms with van der Waals surface area (Å²) in [6.45, 7) is 2.67. The topological polar surface area (TPSA) is 33.2 Å². The van der Waals surface area contributed by atoms with Gasteiger partial charge < -0.3 is 0 Å². The summed E-state index contributed by atoms with van der Waals surface area (Å²) < 4.78 is 0. The molecule has 0 atom stereocenters.